The van der Waals surface area contributed by atoms with E-state index in [4.69, 9.17) is 0 Å². The van der Waals surface area contributed by atoms with Crippen LogP contribution in [0.15, 0.2) is 29.2 Å². The molecule has 146 valence electrons. The smallest absolute Gasteiger partial charge is 0.256 e. The van der Waals surface area contributed by atoms with Crippen molar-refractivity contribution in [3.8, 4) is 0 Å². The van der Waals surface area contributed by atoms with Gasteiger partial charge in [-0.15, -0.1) is 4.41 Å². The van der Waals surface area contributed by atoms with E-state index in [2.05, 4.69) is 5.32 Å². The van der Waals surface area contributed by atoms with E-state index in [9.17, 15) is 26.7 Å². The van der Waals surface area contributed by atoms with Crippen LogP contribution in [0.5, 0.6) is 0 Å². The Bertz CT molecular complexity index is 865. The Kier molecular flexibility index (Phi) is 6.08. The number of rotatable bonds is 6. The quantitative estimate of drug-likeness (QED) is 0.579. The monoisotopic (exact) mass is 405 g/mol. The molecule has 0 unspecified atom stereocenters. The molecule has 0 aliphatic carbocycles. The number of hydrazine groups is 1. The molecule has 26 heavy (non-hydrogen) atoms. The molecule has 1 aliphatic heterocycles. The lowest BCUT2D eigenvalue weighted by Gasteiger charge is -2.34. The Hall–Kier alpha value is -1.53. The van der Waals surface area contributed by atoms with Crippen LogP contribution in [-0.4, -0.2) is 75.0 Å². The Balaban J connectivity index is 2.32. The average molecular weight is 405 g/mol. The van der Waals surface area contributed by atoms with Crippen LogP contribution in [0.1, 0.15) is 12.5 Å². The molecule has 2 N–H and O–H groups in total. The van der Waals surface area contributed by atoms with Crippen molar-refractivity contribution in [1.82, 2.24) is 14.7 Å². The van der Waals surface area contributed by atoms with E-state index in [-0.39, 0.29) is 17.3 Å². The number of hydrogen-bond acceptors (Lipinski definition) is 7. The maximum Gasteiger partial charge on any atom is 0.256 e. The molecule has 0 saturated carbocycles. The highest BCUT2D eigenvalue weighted by atomic mass is 32.2. The zero-order valence-corrected chi connectivity index (χ0v) is 16.4. The van der Waals surface area contributed by atoms with E-state index in [1.165, 1.54) is 38.2 Å². The van der Waals surface area contributed by atoms with Crippen molar-refractivity contribution in [3.05, 3.63) is 29.8 Å². The summed E-state index contributed by atoms with van der Waals surface area (Å²) >= 11 is 0. The van der Waals surface area contributed by atoms with Gasteiger partial charge >= 0.3 is 0 Å². The van der Waals surface area contributed by atoms with Crippen molar-refractivity contribution in [2.45, 2.75) is 30.5 Å². The molecule has 9 nitrogen and oxygen atoms in total. The zero-order valence-electron chi connectivity index (χ0n) is 14.8. The van der Waals surface area contributed by atoms with Gasteiger partial charge in [-0.2, -0.15) is 0 Å². The van der Waals surface area contributed by atoms with E-state index in [0.29, 0.717) is 0 Å². The molecular weight excluding hydrogens is 382 g/mol. The molecule has 1 aromatic rings. The summed E-state index contributed by atoms with van der Waals surface area (Å²) in [5.74, 6) is -1.10. The van der Waals surface area contributed by atoms with Crippen LogP contribution in [-0.2, 0) is 31.2 Å². The summed E-state index contributed by atoms with van der Waals surface area (Å²) in [6, 6.07) is 4.83. The minimum Gasteiger partial charge on any atom is -0.390 e. The summed E-state index contributed by atoms with van der Waals surface area (Å²) in [6.07, 6.45) is -1.30. The van der Waals surface area contributed by atoms with Crippen molar-refractivity contribution < 1.29 is 26.7 Å². The standard InChI is InChI=1S/C15H23N3O6S2/c1-11(19)16-8-12-4-6-13(7-5-12)26(23,24)18(17(2)3)14-9-25(21,22)10-15(14)20/h4-7,14-15,20H,8-10H2,1-3H3,(H,16,19)/t14-,15+/m1/s1. The molecule has 1 aromatic carbocycles. The normalized spacial score (nSPS) is 22.7. The number of carbonyl (C=O) groups is 1. The van der Waals surface area contributed by atoms with E-state index >= 15 is 0 Å². The van der Waals surface area contributed by atoms with Gasteiger partial charge in [-0.05, 0) is 17.7 Å². The fourth-order valence-electron chi connectivity index (χ4n) is 2.83. The number of carbonyl (C=O) groups excluding carboxylic acids is 1. The first kappa shape index (κ1) is 20.8. The van der Waals surface area contributed by atoms with Gasteiger partial charge in [0, 0.05) is 27.6 Å². The van der Waals surface area contributed by atoms with Gasteiger partial charge in [0.25, 0.3) is 10.0 Å². The highest BCUT2D eigenvalue weighted by molar-refractivity contribution is 7.92. The second kappa shape index (κ2) is 7.61. The molecule has 1 amide bonds. The maximum atomic E-state index is 13.0. The summed E-state index contributed by atoms with van der Waals surface area (Å²) in [6.45, 7) is 1.65. The summed E-state index contributed by atoms with van der Waals surface area (Å²) in [5.41, 5.74) is 0.721. The number of sulfone groups is 1. The van der Waals surface area contributed by atoms with Crippen molar-refractivity contribution >= 4 is 25.8 Å². The van der Waals surface area contributed by atoms with Crippen LogP contribution in [0.25, 0.3) is 0 Å². The van der Waals surface area contributed by atoms with Crippen molar-refractivity contribution in [1.29, 1.82) is 0 Å². The lowest BCUT2D eigenvalue weighted by molar-refractivity contribution is -0.119. The first-order valence-electron chi connectivity index (χ1n) is 7.87. The summed E-state index contributed by atoms with van der Waals surface area (Å²) < 4.78 is 50.5. The minimum atomic E-state index is -4.07. The maximum absolute atomic E-state index is 13.0. The number of aliphatic hydroxyl groups is 1. The first-order valence-corrected chi connectivity index (χ1v) is 11.1. The molecule has 0 radical (unpaired) electrons. The van der Waals surface area contributed by atoms with Crippen LogP contribution in [0.4, 0.5) is 0 Å². The lowest BCUT2D eigenvalue weighted by atomic mass is 10.2. The Morgan fingerprint density at radius 1 is 1.23 bits per heavy atom. The molecule has 2 atom stereocenters. The number of nitrogens with one attached hydrogen (secondary N) is 1. The molecule has 1 aliphatic rings. The van der Waals surface area contributed by atoms with E-state index < -0.39 is 43.5 Å². The third-order valence-corrected chi connectivity index (χ3v) is 7.64. The van der Waals surface area contributed by atoms with Gasteiger partial charge in [-0.3, -0.25) is 4.79 Å². The predicted octanol–water partition coefficient (Wildman–Crippen LogP) is -1.05. The molecule has 0 spiro atoms. The molecular formula is C15H23N3O6S2. The Morgan fingerprint density at radius 3 is 2.23 bits per heavy atom. The number of nitrogens with zero attached hydrogens (tertiary/aromatic N) is 2. The SMILES string of the molecule is CC(=O)NCc1ccc(S(=O)(=O)N([C@@H]2CS(=O)(=O)C[C@@H]2O)N(C)C)cc1. The highest BCUT2D eigenvalue weighted by Gasteiger charge is 2.46. The molecule has 1 heterocycles. The summed E-state index contributed by atoms with van der Waals surface area (Å²) in [5, 5.41) is 13.9. The van der Waals surface area contributed by atoms with Crippen LogP contribution < -0.4 is 5.32 Å². The number of benzene rings is 1. The number of amides is 1. The van der Waals surface area contributed by atoms with Crippen LogP contribution in [0.3, 0.4) is 0 Å². The third kappa shape index (κ3) is 4.60. The lowest BCUT2D eigenvalue weighted by Crippen LogP contribution is -2.53. The number of sulfonamides is 1. The van der Waals surface area contributed by atoms with Crippen LogP contribution in [0.2, 0.25) is 0 Å². The molecule has 0 aromatic heterocycles. The van der Waals surface area contributed by atoms with Crippen molar-refractivity contribution in [2.24, 2.45) is 0 Å². The second-order valence-corrected chi connectivity index (χ2v) is 10.3. The molecule has 2 rings (SSSR count). The van der Waals surface area contributed by atoms with Crippen molar-refractivity contribution in [3.63, 3.8) is 0 Å². The van der Waals surface area contributed by atoms with Crippen molar-refractivity contribution in [2.75, 3.05) is 25.6 Å². The van der Waals surface area contributed by atoms with Crippen LogP contribution in [0, 0.1) is 0 Å². The predicted molar refractivity (Wildman–Crippen MR) is 95.1 cm³/mol. The average Bonchev–Trinajstić information content (AvgIpc) is 2.77. The summed E-state index contributed by atoms with van der Waals surface area (Å²) in [4.78, 5) is 10.9. The second-order valence-electron chi connectivity index (χ2n) is 6.39. The van der Waals surface area contributed by atoms with E-state index in [0.717, 1.165) is 9.98 Å². The molecule has 1 fully saturated rings. The van der Waals surface area contributed by atoms with Gasteiger partial charge in [0.05, 0.1) is 28.5 Å². The Morgan fingerprint density at radius 2 is 1.81 bits per heavy atom. The van der Waals surface area contributed by atoms with E-state index in [1.54, 1.807) is 12.1 Å². The fourth-order valence-corrected chi connectivity index (χ4v) is 6.38. The Labute approximate surface area is 153 Å². The number of hydrogen-bond donors (Lipinski definition) is 2. The van der Waals surface area contributed by atoms with Gasteiger partial charge in [0.15, 0.2) is 9.84 Å². The largest absolute Gasteiger partial charge is 0.390 e. The number of aliphatic hydroxyl groups excluding tert-OH is 1. The van der Waals surface area contributed by atoms with Gasteiger partial charge < -0.3 is 10.4 Å². The third-order valence-electron chi connectivity index (χ3n) is 3.98. The molecule has 1 saturated heterocycles. The van der Waals surface area contributed by atoms with Crippen LogP contribution >= 0.6 is 0 Å². The van der Waals surface area contributed by atoms with Gasteiger partial charge in [-0.25, -0.2) is 21.8 Å². The highest BCUT2D eigenvalue weighted by Crippen LogP contribution is 2.26. The topological polar surface area (TPSA) is 124 Å². The van der Waals surface area contributed by atoms with Gasteiger partial charge in [-0.1, -0.05) is 12.1 Å². The molecule has 11 heteroatoms. The molecule has 0 bridgehead atoms. The zero-order chi connectivity index (χ0) is 19.7. The fraction of sp³-hybridized carbons (Fsp3) is 0.533. The van der Waals surface area contributed by atoms with Gasteiger partial charge in [0.2, 0.25) is 5.91 Å². The summed E-state index contributed by atoms with van der Waals surface area (Å²) in [7, 11) is -4.63. The van der Waals surface area contributed by atoms with E-state index in [1.807, 2.05) is 0 Å². The minimum absolute atomic E-state index is 0.0331. The first-order chi connectivity index (χ1) is 11.9. The van der Waals surface area contributed by atoms with Gasteiger partial charge in [0.1, 0.15) is 0 Å².